The summed E-state index contributed by atoms with van der Waals surface area (Å²) in [6, 6.07) is 3.95. The fourth-order valence-electron chi connectivity index (χ4n) is 6.77. The lowest BCUT2D eigenvalue weighted by molar-refractivity contribution is 0.0688. The maximum absolute atomic E-state index is 14.6. The van der Waals surface area contributed by atoms with E-state index in [2.05, 4.69) is 13.0 Å². The normalized spacial score (nSPS) is 32.5. The first-order valence-electron chi connectivity index (χ1n) is 12.0. The highest BCUT2D eigenvalue weighted by atomic mass is 19.1. The number of fused-ring (bicyclic) bond motifs is 2. The zero-order valence-electron chi connectivity index (χ0n) is 18.0. The average Bonchev–Trinajstić information content (AvgIpc) is 2.73. The van der Waals surface area contributed by atoms with Crippen LogP contribution in [-0.2, 0) is 12.8 Å². The summed E-state index contributed by atoms with van der Waals surface area (Å²) in [5.74, 6) is 4.95. The molecule has 0 bridgehead atoms. The number of hydrogen-bond donors (Lipinski definition) is 0. The van der Waals surface area contributed by atoms with Crippen molar-refractivity contribution in [1.82, 2.24) is 0 Å². The van der Waals surface area contributed by atoms with Gasteiger partial charge in [0, 0.05) is 0 Å². The minimum atomic E-state index is -0.108. The fraction of sp³-hybridized carbons (Fsp3) is 0.769. The maximum atomic E-state index is 14.6. The van der Waals surface area contributed by atoms with Crippen LogP contribution < -0.4 is 4.74 Å². The third-order valence-corrected chi connectivity index (χ3v) is 8.42. The van der Waals surface area contributed by atoms with Crippen LogP contribution in [-0.4, -0.2) is 7.11 Å². The number of ether oxygens (including phenoxy) is 1. The van der Waals surface area contributed by atoms with Gasteiger partial charge in [0.25, 0.3) is 0 Å². The molecule has 0 radical (unpaired) electrons. The lowest BCUT2D eigenvalue weighted by Crippen LogP contribution is -2.35. The fourth-order valence-corrected chi connectivity index (χ4v) is 6.77. The first-order chi connectivity index (χ1) is 13.7. The van der Waals surface area contributed by atoms with E-state index >= 15 is 0 Å². The van der Waals surface area contributed by atoms with Gasteiger partial charge >= 0.3 is 0 Å². The molecule has 156 valence electrons. The lowest BCUT2D eigenvalue weighted by Gasteiger charge is -2.45. The molecule has 5 atom stereocenters. The molecule has 5 unspecified atom stereocenters. The van der Waals surface area contributed by atoms with E-state index in [1.165, 1.54) is 76.2 Å². The molecule has 1 aromatic rings. The highest BCUT2D eigenvalue weighted by Gasteiger charge is 2.38. The molecular formula is C26H39FO. The summed E-state index contributed by atoms with van der Waals surface area (Å²) in [6.45, 7) is 2.31. The summed E-state index contributed by atoms with van der Waals surface area (Å²) >= 11 is 0. The molecule has 0 amide bonds. The van der Waals surface area contributed by atoms with Crippen molar-refractivity contribution in [1.29, 1.82) is 0 Å². The summed E-state index contributed by atoms with van der Waals surface area (Å²) in [6.07, 6.45) is 17.6. The summed E-state index contributed by atoms with van der Waals surface area (Å²) < 4.78 is 19.7. The average molecular weight is 387 g/mol. The zero-order valence-corrected chi connectivity index (χ0v) is 18.0. The molecule has 3 aliphatic rings. The Morgan fingerprint density at radius 2 is 1.68 bits per heavy atom. The van der Waals surface area contributed by atoms with Crippen molar-refractivity contribution in [3.05, 3.63) is 29.1 Å². The molecule has 0 saturated heterocycles. The molecule has 3 aliphatic carbocycles. The summed E-state index contributed by atoms with van der Waals surface area (Å²) in [5.41, 5.74) is 2.17. The van der Waals surface area contributed by atoms with Crippen molar-refractivity contribution in [2.45, 2.75) is 90.4 Å². The van der Waals surface area contributed by atoms with Gasteiger partial charge in [0.1, 0.15) is 0 Å². The van der Waals surface area contributed by atoms with Gasteiger partial charge in [-0.3, -0.25) is 0 Å². The van der Waals surface area contributed by atoms with Crippen molar-refractivity contribution >= 4 is 0 Å². The van der Waals surface area contributed by atoms with Gasteiger partial charge in [-0.15, -0.1) is 0 Å². The number of halogens is 1. The second-order valence-corrected chi connectivity index (χ2v) is 9.99. The smallest absolute Gasteiger partial charge is 0.168 e. The van der Waals surface area contributed by atoms with Gasteiger partial charge in [-0.2, -0.15) is 0 Å². The van der Waals surface area contributed by atoms with Crippen LogP contribution in [0, 0.1) is 35.4 Å². The van der Waals surface area contributed by atoms with Crippen LogP contribution in [0.4, 0.5) is 4.39 Å². The van der Waals surface area contributed by atoms with Gasteiger partial charge in [0.15, 0.2) is 11.6 Å². The van der Waals surface area contributed by atoms with Crippen molar-refractivity contribution in [3.8, 4) is 5.75 Å². The molecule has 0 N–H and O–H groups in total. The number of unbranched alkanes of at least 4 members (excludes halogenated alkanes) is 2. The highest BCUT2D eigenvalue weighted by Crippen LogP contribution is 2.49. The van der Waals surface area contributed by atoms with E-state index < -0.39 is 0 Å². The molecule has 2 saturated carbocycles. The van der Waals surface area contributed by atoms with Crippen LogP contribution in [0.1, 0.15) is 88.7 Å². The van der Waals surface area contributed by atoms with Gasteiger partial charge < -0.3 is 4.74 Å². The van der Waals surface area contributed by atoms with E-state index in [0.717, 1.165) is 48.0 Å². The van der Waals surface area contributed by atoms with Crippen LogP contribution in [0.2, 0.25) is 0 Å². The standard InChI is InChI=1S/C26H39FO/c1-3-4-5-6-18-7-8-20-16-21(10-9-19(20)15-18)22-11-13-24-23(17-22)12-14-25(28-2)26(24)27/h12,14,18-22H,3-11,13,15-17H2,1-2H3. The first kappa shape index (κ1) is 20.2. The van der Waals surface area contributed by atoms with Crippen LogP contribution in [0.5, 0.6) is 5.75 Å². The summed E-state index contributed by atoms with van der Waals surface area (Å²) in [5, 5.41) is 0. The molecule has 2 heteroatoms. The van der Waals surface area contributed by atoms with E-state index in [0.29, 0.717) is 5.75 Å². The molecule has 0 aliphatic heterocycles. The quantitative estimate of drug-likeness (QED) is 0.464. The molecule has 0 spiro atoms. The van der Waals surface area contributed by atoms with Crippen LogP contribution >= 0.6 is 0 Å². The summed E-state index contributed by atoms with van der Waals surface area (Å²) in [7, 11) is 1.56. The Hall–Kier alpha value is -1.05. The van der Waals surface area contributed by atoms with Crippen molar-refractivity contribution in [2.24, 2.45) is 29.6 Å². The van der Waals surface area contributed by atoms with E-state index in [1.807, 2.05) is 6.07 Å². The van der Waals surface area contributed by atoms with Gasteiger partial charge in [0.05, 0.1) is 7.11 Å². The SMILES string of the molecule is CCCCCC1CCC2CC(C3CCc4c(ccc(OC)c4F)C3)CCC2C1. The van der Waals surface area contributed by atoms with Crippen LogP contribution in [0.3, 0.4) is 0 Å². The Labute approximate surface area is 171 Å². The van der Waals surface area contributed by atoms with Gasteiger partial charge in [-0.25, -0.2) is 4.39 Å². The third-order valence-electron chi connectivity index (χ3n) is 8.42. The van der Waals surface area contributed by atoms with Crippen molar-refractivity contribution in [3.63, 3.8) is 0 Å². The largest absolute Gasteiger partial charge is 0.494 e. The van der Waals surface area contributed by atoms with Gasteiger partial charge in [0.2, 0.25) is 0 Å². The molecule has 28 heavy (non-hydrogen) atoms. The van der Waals surface area contributed by atoms with E-state index in [-0.39, 0.29) is 5.82 Å². The molecule has 4 rings (SSSR count). The molecular weight excluding hydrogens is 347 g/mol. The van der Waals surface area contributed by atoms with E-state index in [1.54, 1.807) is 7.11 Å². The second kappa shape index (κ2) is 9.18. The van der Waals surface area contributed by atoms with E-state index in [4.69, 9.17) is 4.74 Å². The highest BCUT2D eigenvalue weighted by molar-refractivity contribution is 5.39. The number of hydrogen-bond acceptors (Lipinski definition) is 1. The number of rotatable bonds is 6. The minimum absolute atomic E-state index is 0.108. The third kappa shape index (κ3) is 4.26. The molecule has 0 heterocycles. The first-order valence-corrected chi connectivity index (χ1v) is 12.0. The zero-order chi connectivity index (χ0) is 19.5. The van der Waals surface area contributed by atoms with Gasteiger partial charge in [-0.1, -0.05) is 45.1 Å². The number of benzene rings is 1. The predicted octanol–water partition coefficient (Wildman–Crippen LogP) is 7.35. The maximum Gasteiger partial charge on any atom is 0.168 e. The predicted molar refractivity (Wildman–Crippen MR) is 114 cm³/mol. The van der Waals surface area contributed by atoms with Crippen molar-refractivity contribution in [2.75, 3.05) is 7.11 Å². The number of methoxy groups -OCH3 is 1. The Bertz CT molecular complexity index is 654. The van der Waals surface area contributed by atoms with Crippen molar-refractivity contribution < 1.29 is 9.13 Å². The Morgan fingerprint density at radius 1 is 0.929 bits per heavy atom. The Kier molecular flexibility index (Phi) is 6.63. The topological polar surface area (TPSA) is 9.23 Å². The van der Waals surface area contributed by atoms with Crippen LogP contribution in [0.25, 0.3) is 0 Å². The second-order valence-electron chi connectivity index (χ2n) is 9.99. The van der Waals surface area contributed by atoms with Gasteiger partial charge in [-0.05, 0) is 98.1 Å². The van der Waals surface area contributed by atoms with Crippen LogP contribution in [0.15, 0.2) is 12.1 Å². The molecule has 2 fully saturated rings. The molecule has 1 nitrogen and oxygen atoms in total. The Balaban J connectivity index is 1.33. The lowest BCUT2D eigenvalue weighted by atomic mass is 9.61. The monoisotopic (exact) mass is 386 g/mol. The molecule has 0 aromatic heterocycles. The molecule has 1 aromatic carbocycles. The minimum Gasteiger partial charge on any atom is -0.494 e. The summed E-state index contributed by atoms with van der Waals surface area (Å²) in [4.78, 5) is 0. The van der Waals surface area contributed by atoms with E-state index in [9.17, 15) is 4.39 Å². The Morgan fingerprint density at radius 3 is 2.46 bits per heavy atom.